The molecule has 0 N–H and O–H groups in total. The van der Waals surface area contributed by atoms with Crippen LogP contribution in [0.4, 0.5) is 0 Å². The van der Waals surface area contributed by atoms with Crippen LogP contribution in [0.15, 0.2) is 40.8 Å². The molecule has 0 radical (unpaired) electrons. The normalized spacial score (nSPS) is 12.4. The van der Waals surface area contributed by atoms with E-state index < -0.39 is 0 Å². The molecule has 0 amide bonds. The highest BCUT2D eigenvalue weighted by Gasteiger charge is 2.17. The lowest BCUT2D eigenvalue weighted by Gasteiger charge is -2.17. The Morgan fingerprint density at radius 2 is 1.71 bits per heavy atom. The first-order valence-corrected chi connectivity index (χ1v) is 5.84. The van der Waals surface area contributed by atoms with Crippen LogP contribution in [0.1, 0.15) is 26.5 Å². The van der Waals surface area contributed by atoms with Crippen molar-refractivity contribution in [1.82, 2.24) is 4.98 Å². The summed E-state index contributed by atoms with van der Waals surface area (Å²) < 4.78 is 5.76. The van der Waals surface area contributed by atoms with Crippen LogP contribution in [0.5, 0.6) is 0 Å². The summed E-state index contributed by atoms with van der Waals surface area (Å²) in [4.78, 5) is 4.74. The van der Waals surface area contributed by atoms with E-state index in [0.717, 1.165) is 27.8 Å². The predicted octanol–water partition coefficient (Wildman–Crippen LogP) is 4.28. The van der Waals surface area contributed by atoms with Gasteiger partial charge in [0.2, 0.25) is 0 Å². The van der Waals surface area contributed by atoms with E-state index in [4.69, 9.17) is 9.40 Å². The molecule has 0 bridgehead atoms. The predicted molar refractivity (Wildman–Crippen MR) is 70.2 cm³/mol. The number of para-hydroxylation sites is 1. The highest BCUT2D eigenvalue weighted by Crippen LogP contribution is 2.29. The molecule has 0 aliphatic rings. The van der Waals surface area contributed by atoms with E-state index in [1.54, 1.807) is 0 Å². The fraction of sp³-hybridized carbons (Fsp3) is 0.267. The molecule has 0 fully saturated rings. The Bertz CT molecular complexity index is 689. The molecule has 17 heavy (non-hydrogen) atoms. The molecule has 2 aromatic heterocycles. The second-order valence-corrected chi connectivity index (χ2v) is 5.39. The third-order valence-electron chi connectivity index (χ3n) is 2.99. The fourth-order valence-electron chi connectivity index (χ4n) is 2.01. The second-order valence-electron chi connectivity index (χ2n) is 5.39. The third-order valence-corrected chi connectivity index (χ3v) is 2.99. The molecule has 3 rings (SSSR count). The summed E-state index contributed by atoms with van der Waals surface area (Å²) in [6, 6.07) is 12.1. The first-order valence-electron chi connectivity index (χ1n) is 5.84. The van der Waals surface area contributed by atoms with Crippen LogP contribution in [0.3, 0.4) is 0 Å². The Morgan fingerprint density at radius 3 is 2.47 bits per heavy atom. The molecule has 2 nitrogen and oxygen atoms in total. The van der Waals surface area contributed by atoms with Crippen molar-refractivity contribution in [2.45, 2.75) is 26.2 Å². The molecule has 2 heterocycles. The van der Waals surface area contributed by atoms with E-state index in [1.165, 1.54) is 0 Å². The number of benzene rings is 1. The summed E-state index contributed by atoms with van der Waals surface area (Å²) in [7, 11) is 0. The van der Waals surface area contributed by atoms with Gasteiger partial charge in [0.05, 0.1) is 0 Å². The summed E-state index contributed by atoms with van der Waals surface area (Å²) in [6.45, 7) is 6.51. The Hall–Kier alpha value is -1.83. The van der Waals surface area contributed by atoms with E-state index in [1.807, 2.05) is 30.3 Å². The summed E-state index contributed by atoms with van der Waals surface area (Å²) in [5.74, 6) is 0. The average molecular weight is 225 g/mol. The molecule has 0 saturated carbocycles. The minimum atomic E-state index is 0.0621. The van der Waals surface area contributed by atoms with Gasteiger partial charge in [0, 0.05) is 16.5 Å². The van der Waals surface area contributed by atoms with Crippen molar-refractivity contribution in [2.75, 3.05) is 0 Å². The minimum absolute atomic E-state index is 0.0621. The van der Waals surface area contributed by atoms with Gasteiger partial charge >= 0.3 is 0 Å². The van der Waals surface area contributed by atoms with Crippen molar-refractivity contribution < 1.29 is 4.42 Å². The van der Waals surface area contributed by atoms with Gasteiger partial charge in [-0.15, -0.1) is 0 Å². The lowest BCUT2D eigenvalue weighted by Crippen LogP contribution is -2.12. The molecule has 3 aromatic rings. The van der Waals surface area contributed by atoms with Crippen molar-refractivity contribution in [3.63, 3.8) is 0 Å². The van der Waals surface area contributed by atoms with Crippen LogP contribution in [0.25, 0.3) is 22.1 Å². The Balaban J connectivity index is 2.38. The topological polar surface area (TPSA) is 26.0 Å². The van der Waals surface area contributed by atoms with Crippen LogP contribution in [-0.2, 0) is 5.41 Å². The number of rotatable bonds is 0. The molecular weight excluding hydrogens is 210 g/mol. The lowest BCUT2D eigenvalue weighted by atomic mass is 9.91. The molecule has 0 spiro atoms. The number of nitrogens with zero attached hydrogens (tertiary/aromatic N) is 1. The minimum Gasteiger partial charge on any atom is -0.454 e. The van der Waals surface area contributed by atoms with Gasteiger partial charge in [-0.3, -0.25) is 0 Å². The molecular formula is C15H15NO. The number of hydrogen-bond acceptors (Lipinski definition) is 2. The number of aromatic nitrogens is 1. The molecule has 0 atom stereocenters. The van der Waals surface area contributed by atoms with Gasteiger partial charge in [-0.05, 0) is 24.3 Å². The van der Waals surface area contributed by atoms with Gasteiger partial charge in [0.1, 0.15) is 11.1 Å². The Kier molecular flexibility index (Phi) is 2.02. The molecule has 0 aliphatic heterocycles. The SMILES string of the molecule is CC(C)(C)c1ccc2oc3ccccc3c2n1. The van der Waals surface area contributed by atoms with Gasteiger partial charge in [0.15, 0.2) is 5.58 Å². The number of fused-ring (bicyclic) bond motifs is 3. The zero-order valence-corrected chi connectivity index (χ0v) is 10.3. The fourth-order valence-corrected chi connectivity index (χ4v) is 2.01. The highest BCUT2D eigenvalue weighted by molar-refractivity contribution is 6.02. The maximum absolute atomic E-state index is 5.76. The molecule has 2 heteroatoms. The summed E-state index contributed by atoms with van der Waals surface area (Å²) in [5, 5.41) is 1.09. The van der Waals surface area contributed by atoms with Gasteiger partial charge in [0.25, 0.3) is 0 Å². The van der Waals surface area contributed by atoms with Crippen molar-refractivity contribution in [1.29, 1.82) is 0 Å². The van der Waals surface area contributed by atoms with Crippen molar-refractivity contribution in [3.8, 4) is 0 Å². The zero-order chi connectivity index (χ0) is 12.0. The number of hydrogen-bond donors (Lipinski definition) is 0. The maximum atomic E-state index is 5.76. The Morgan fingerprint density at radius 1 is 0.941 bits per heavy atom. The van der Waals surface area contributed by atoms with Gasteiger partial charge < -0.3 is 4.42 Å². The van der Waals surface area contributed by atoms with E-state index in [2.05, 4.69) is 26.8 Å². The number of furan rings is 1. The van der Waals surface area contributed by atoms with Crippen LogP contribution in [0, 0.1) is 0 Å². The number of pyridine rings is 1. The van der Waals surface area contributed by atoms with E-state index >= 15 is 0 Å². The van der Waals surface area contributed by atoms with Crippen molar-refractivity contribution in [3.05, 3.63) is 42.1 Å². The zero-order valence-electron chi connectivity index (χ0n) is 10.3. The van der Waals surface area contributed by atoms with Crippen LogP contribution >= 0.6 is 0 Å². The highest BCUT2D eigenvalue weighted by atomic mass is 16.3. The average Bonchev–Trinajstić information content (AvgIpc) is 2.65. The second kappa shape index (κ2) is 3.33. The summed E-state index contributed by atoms with van der Waals surface area (Å²) in [6.07, 6.45) is 0. The maximum Gasteiger partial charge on any atom is 0.153 e. The van der Waals surface area contributed by atoms with Gasteiger partial charge in [-0.2, -0.15) is 0 Å². The molecule has 0 aliphatic carbocycles. The first-order chi connectivity index (χ1) is 8.05. The Labute approximate surface area is 100 Å². The van der Waals surface area contributed by atoms with Gasteiger partial charge in [-0.1, -0.05) is 32.9 Å². The standard InChI is InChI=1S/C15H15NO/c1-15(2,3)13-9-8-12-14(16-13)10-6-4-5-7-11(10)17-12/h4-9H,1-3H3. The van der Waals surface area contributed by atoms with Crippen LogP contribution in [-0.4, -0.2) is 4.98 Å². The smallest absolute Gasteiger partial charge is 0.153 e. The van der Waals surface area contributed by atoms with E-state index in [0.29, 0.717) is 0 Å². The molecule has 0 saturated heterocycles. The third kappa shape index (κ3) is 1.60. The first kappa shape index (κ1) is 10.3. The summed E-state index contributed by atoms with van der Waals surface area (Å²) in [5.41, 5.74) is 3.89. The monoisotopic (exact) mass is 225 g/mol. The van der Waals surface area contributed by atoms with Crippen molar-refractivity contribution >= 4 is 22.1 Å². The van der Waals surface area contributed by atoms with E-state index in [9.17, 15) is 0 Å². The summed E-state index contributed by atoms with van der Waals surface area (Å²) >= 11 is 0. The van der Waals surface area contributed by atoms with Gasteiger partial charge in [-0.25, -0.2) is 4.98 Å². The quantitative estimate of drug-likeness (QED) is 0.570. The molecule has 0 unspecified atom stereocenters. The van der Waals surface area contributed by atoms with Crippen LogP contribution < -0.4 is 0 Å². The van der Waals surface area contributed by atoms with E-state index in [-0.39, 0.29) is 5.41 Å². The molecule has 1 aromatic carbocycles. The lowest BCUT2D eigenvalue weighted by molar-refractivity contribution is 0.570. The molecule has 86 valence electrons. The van der Waals surface area contributed by atoms with Crippen LogP contribution in [0.2, 0.25) is 0 Å². The largest absolute Gasteiger partial charge is 0.454 e. The van der Waals surface area contributed by atoms with Crippen molar-refractivity contribution in [2.24, 2.45) is 0 Å².